The topological polar surface area (TPSA) is 73.1 Å². The van der Waals surface area contributed by atoms with E-state index in [0.717, 1.165) is 33.7 Å². The molecule has 8 heteroatoms. The van der Waals surface area contributed by atoms with Crippen molar-refractivity contribution in [1.82, 2.24) is 4.57 Å². The Balaban J connectivity index is 1.57. The van der Waals surface area contributed by atoms with Crippen molar-refractivity contribution in [3.05, 3.63) is 139 Å². The van der Waals surface area contributed by atoms with Crippen LogP contribution in [0.3, 0.4) is 0 Å². The maximum absolute atomic E-state index is 14.0. The molecule has 0 fully saturated rings. The van der Waals surface area contributed by atoms with E-state index in [4.69, 9.17) is 9.47 Å². The second-order valence-electron chi connectivity index (χ2n) is 10.4. The van der Waals surface area contributed by atoms with Crippen LogP contribution in [0.5, 0.6) is 5.75 Å². The number of esters is 1. The number of carbonyl (C=O) groups is 1. The van der Waals surface area contributed by atoms with Gasteiger partial charge in [0.25, 0.3) is 5.56 Å². The van der Waals surface area contributed by atoms with Gasteiger partial charge >= 0.3 is 5.97 Å². The van der Waals surface area contributed by atoms with Gasteiger partial charge in [-0.3, -0.25) is 9.36 Å². The van der Waals surface area contributed by atoms with Crippen LogP contribution in [0.2, 0.25) is 0 Å². The Kier molecular flexibility index (Phi) is 9.07. The van der Waals surface area contributed by atoms with Crippen LogP contribution in [0, 0.1) is 0 Å². The predicted molar refractivity (Wildman–Crippen MR) is 172 cm³/mol. The van der Waals surface area contributed by atoms with E-state index >= 15 is 0 Å². The van der Waals surface area contributed by atoms with Gasteiger partial charge in [-0.25, -0.2) is 9.79 Å². The molecule has 0 spiro atoms. The number of aromatic nitrogens is 1. The van der Waals surface area contributed by atoms with E-state index in [9.17, 15) is 9.59 Å². The molecule has 3 aromatic carbocycles. The summed E-state index contributed by atoms with van der Waals surface area (Å²) in [5, 5.41) is 0. The molecule has 0 bridgehead atoms. The lowest BCUT2D eigenvalue weighted by atomic mass is 9.95. The fourth-order valence-corrected chi connectivity index (χ4v) is 6.14. The summed E-state index contributed by atoms with van der Waals surface area (Å²) in [5.41, 5.74) is 5.45. The number of anilines is 1. The van der Waals surface area contributed by atoms with Crippen molar-refractivity contribution in [1.29, 1.82) is 0 Å². The third-order valence-corrected chi connectivity index (χ3v) is 8.21. The average molecular weight is 594 g/mol. The number of hydrogen-bond acceptors (Lipinski definition) is 7. The molecule has 0 amide bonds. The van der Waals surface area contributed by atoms with Crippen LogP contribution < -0.4 is 24.5 Å². The van der Waals surface area contributed by atoms with Gasteiger partial charge in [-0.1, -0.05) is 65.9 Å². The van der Waals surface area contributed by atoms with E-state index < -0.39 is 12.0 Å². The zero-order valence-electron chi connectivity index (χ0n) is 24.9. The van der Waals surface area contributed by atoms with Crippen molar-refractivity contribution >= 4 is 29.1 Å². The third kappa shape index (κ3) is 6.39. The fourth-order valence-electron chi connectivity index (χ4n) is 5.09. The highest BCUT2D eigenvalue weighted by molar-refractivity contribution is 7.07. The van der Waals surface area contributed by atoms with E-state index in [1.807, 2.05) is 104 Å². The lowest BCUT2D eigenvalue weighted by Gasteiger charge is -2.25. The fraction of sp³-hybridized carbons (Fsp3) is 0.229. The maximum atomic E-state index is 14.0. The standard InChI is InChI=1S/C35H35N3O4S/c1-6-11-27-20-25(14-19-29(27)42-22-24-12-9-8-10-13-24)21-30-33(39)38-32(26-15-17-28(18-16-26)37(4)5)31(34(40)41-7-2)23(3)36-35(38)43-30/h6,8-10,12-21,32H,1,7,11,22H2,2-5H3/b30-21+/t32-/m0/s1. The zero-order valence-corrected chi connectivity index (χ0v) is 25.7. The number of carbonyl (C=O) groups excluding carboxylic acids is 1. The van der Waals surface area contributed by atoms with E-state index in [2.05, 4.69) is 11.6 Å². The van der Waals surface area contributed by atoms with Gasteiger partial charge in [0.1, 0.15) is 12.4 Å². The Morgan fingerprint density at radius 1 is 1.09 bits per heavy atom. The molecule has 0 saturated carbocycles. The minimum atomic E-state index is -0.654. The van der Waals surface area contributed by atoms with E-state index in [-0.39, 0.29) is 12.2 Å². The Hall–Kier alpha value is -4.69. The number of nitrogens with zero attached hydrogens (tertiary/aromatic N) is 3. The smallest absolute Gasteiger partial charge is 0.338 e. The molecule has 43 heavy (non-hydrogen) atoms. The number of rotatable bonds is 10. The number of allylic oxidation sites excluding steroid dienone is 2. The highest BCUT2D eigenvalue weighted by Crippen LogP contribution is 2.31. The molecule has 1 aliphatic rings. The number of fused-ring (bicyclic) bond motifs is 1. The first-order valence-electron chi connectivity index (χ1n) is 14.2. The monoisotopic (exact) mass is 593 g/mol. The van der Waals surface area contributed by atoms with Crippen molar-refractivity contribution in [3.8, 4) is 5.75 Å². The maximum Gasteiger partial charge on any atom is 0.338 e. The zero-order chi connectivity index (χ0) is 30.5. The predicted octanol–water partition coefficient (Wildman–Crippen LogP) is 5.17. The Morgan fingerprint density at radius 2 is 1.84 bits per heavy atom. The minimum Gasteiger partial charge on any atom is -0.489 e. The number of thiazole rings is 1. The largest absolute Gasteiger partial charge is 0.489 e. The molecule has 5 rings (SSSR count). The molecular weight excluding hydrogens is 558 g/mol. The van der Waals surface area contributed by atoms with Crippen LogP contribution in [-0.2, 0) is 22.6 Å². The van der Waals surface area contributed by atoms with Crippen molar-refractivity contribution in [3.63, 3.8) is 0 Å². The van der Waals surface area contributed by atoms with E-state index in [1.54, 1.807) is 18.4 Å². The van der Waals surface area contributed by atoms with Gasteiger partial charge in [0.05, 0.1) is 28.5 Å². The SMILES string of the molecule is C=CCc1cc(/C=c2/sc3n(c2=O)[C@@H](c2ccc(N(C)C)cc2)C(C(=O)OCC)=C(C)N=3)ccc1OCc1ccccc1. The van der Waals surface area contributed by atoms with Crippen LogP contribution in [-0.4, -0.2) is 31.2 Å². The second-order valence-corrected chi connectivity index (χ2v) is 11.4. The van der Waals surface area contributed by atoms with Crippen LogP contribution in [0.1, 0.15) is 42.1 Å². The first-order valence-corrected chi connectivity index (χ1v) is 15.0. The van der Waals surface area contributed by atoms with Crippen molar-refractivity contribution < 1.29 is 14.3 Å². The summed E-state index contributed by atoms with van der Waals surface area (Å²) < 4.78 is 13.7. The Labute approximate surface area is 255 Å². The van der Waals surface area contributed by atoms with Crippen molar-refractivity contribution in [2.45, 2.75) is 32.9 Å². The highest BCUT2D eigenvalue weighted by atomic mass is 32.1. The summed E-state index contributed by atoms with van der Waals surface area (Å²) in [7, 11) is 3.93. The number of ether oxygens (including phenoxy) is 2. The van der Waals surface area contributed by atoms with Crippen LogP contribution in [0.4, 0.5) is 5.69 Å². The normalized spacial score (nSPS) is 14.6. The number of hydrogen-bond donors (Lipinski definition) is 0. The summed E-state index contributed by atoms with van der Waals surface area (Å²) in [5.74, 6) is 0.304. The molecule has 0 N–H and O–H groups in total. The summed E-state index contributed by atoms with van der Waals surface area (Å²) in [6, 6.07) is 23.1. The first kappa shape index (κ1) is 29.8. The molecule has 1 atom stereocenters. The minimum absolute atomic E-state index is 0.214. The van der Waals surface area contributed by atoms with Gasteiger partial charge in [-0.2, -0.15) is 0 Å². The molecule has 1 aliphatic heterocycles. The molecular formula is C35H35N3O4S. The molecule has 220 valence electrons. The summed E-state index contributed by atoms with van der Waals surface area (Å²) in [4.78, 5) is 34.4. The first-order chi connectivity index (χ1) is 20.8. The molecule has 0 radical (unpaired) electrons. The van der Waals surface area contributed by atoms with Gasteiger partial charge in [0.2, 0.25) is 0 Å². The van der Waals surface area contributed by atoms with Crippen LogP contribution in [0.15, 0.2) is 107 Å². The third-order valence-electron chi connectivity index (χ3n) is 7.23. The summed E-state index contributed by atoms with van der Waals surface area (Å²) in [6.45, 7) is 8.15. The van der Waals surface area contributed by atoms with E-state index in [0.29, 0.717) is 33.6 Å². The quantitative estimate of drug-likeness (QED) is 0.187. The highest BCUT2D eigenvalue weighted by Gasteiger charge is 2.33. The second kappa shape index (κ2) is 13.1. The van der Waals surface area contributed by atoms with E-state index in [1.165, 1.54) is 11.3 Å². The summed E-state index contributed by atoms with van der Waals surface area (Å²) >= 11 is 1.31. The average Bonchev–Trinajstić information content (AvgIpc) is 3.30. The molecule has 1 aromatic heterocycles. The van der Waals surface area contributed by atoms with Crippen molar-refractivity contribution in [2.24, 2.45) is 4.99 Å². The van der Waals surface area contributed by atoms with Gasteiger partial charge in [-0.05, 0) is 72.9 Å². The van der Waals surface area contributed by atoms with Gasteiger partial charge in [0, 0.05) is 19.8 Å². The molecule has 0 saturated heterocycles. The van der Waals surface area contributed by atoms with Gasteiger partial charge in [-0.15, -0.1) is 6.58 Å². The number of benzene rings is 3. The molecule has 7 nitrogen and oxygen atoms in total. The Bertz CT molecular complexity index is 1850. The molecule has 0 unspecified atom stereocenters. The van der Waals surface area contributed by atoms with Gasteiger partial charge in [0.15, 0.2) is 4.80 Å². The molecule has 2 heterocycles. The molecule has 4 aromatic rings. The van der Waals surface area contributed by atoms with Gasteiger partial charge < -0.3 is 14.4 Å². The van der Waals surface area contributed by atoms with Crippen LogP contribution >= 0.6 is 11.3 Å². The Morgan fingerprint density at radius 3 is 2.51 bits per heavy atom. The van der Waals surface area contributed by atoms with Crippen LogP contribution in [0.25, 0.3) is 6.08 Å². The van der Waals surface area contributed by atoms with Crippen molar-refractivity contribution in [2.75, 3.05) is 25.6 Å². The lowest BCUT2D eigenvalue weighted by molar-refractivity contribution is -0.139. The lowest BCUT2D eigenvalue weighted by Crippen LogP contribution is -2.39. The summed E-state index contributed by atoms with van der Waals surface area (Å²) in [6.07, 6.45) is 4.33. The molecule has 0 aliphatic carbocycles.